The van der Waals surface area contributed by atoms with Crippen LogP contribution in [-0.4, -0.2) is 23.6 Å². The van der Waals surface area contributed by atoms with E-state index in [2.05, 4.69) is 26.6 Å². The Morgan fingerprint density at radius 1 is 1.47 bits per heavy atom. The van der Waals surface area contributed by atoms with Crippen LogP contribution in [0.25, 0.3) is 0 Å². The minimum Gasteiger partial charge on any atom is -0.324 e. The predicted molar refractivity (Wildman–Crippen MR) is 72.0 cm³/mol. The zero-order chi connectivity index (χ0) is 14.0. The Hall–Kier alpha value is -0.730. The van der Waals surface area contributed by atoms with E-state index in [1.807, 2.05) is 0 Å². The number of alkyl halides is 3. The zero-order valence-electron chi connectivity index (χ0n) is 9.55. The molecule has 104 valence electrons. The molecule has 0 aliphatic carbocycles. The van der Waals surface area contributed by atoms with Gasteiger partial charge in [-0.3, -0.25) is 10.1 Å². The number of hydrogen-bond acceptors (Lipinski definition) is 3. The van der Waals surface area contributed by atoms with Crippen molar-refractivity contribution in [2.24, 2.45) is 0 Å². The topological polar surface area (TPSA) is 41.1 Å². The molecule has 1 aliphatic rings. The van der Waals surface area contributed by atoms with Crippen molar-refractivity contribution in [3.8, 4) is 0 Å². The lowest BCUT2D eigenvalue weighted by Crippen LogP contribution is -2.37. The molecule has 1 unspecified atom stereocenters. The first kappa shape index (κ1) is 14.7. The van der Waals surface area contributed by atoms with Gasteiger partial charge in [0.25, 0.3) is 0 Å². The van der Waals surface area contributed by atoms with Crippen molar-refractivity contribution in [3.05, 3.63) is 28.2 Å². The van der Waals surface area contributed by atoms with E-state index in [0.29, 0.717) is 16.1 Å². The van der Waals surface area contributed by atoms with Gasteiger partial charge in [0, 0.05) is 16.1 Å². The number of hydrogen-bond donors (Lipinski definition) is 2. The molecule has 0 aromatic heterocycles. The van der Waals surface area contributed by atoms with Crippen LogP contribution in [0.15, 0.2) is 22.7 Å². The molecule has 0 saturated carbocycles. The van der Waals surface area contributed by atoms with Crippen molar-refractivity contribution < 1.29 is 18.0 Å². The summed E-state index contributed by atoms with van der Waals surface area (Å²) < 4.78 is 38.2. The summed E-state index contributed by atoms with van der Waals surface area (Å²) in [5.41, 5.74) is -0.668. The number of amides is 1. The third kappa shape index (κ3) is 3.64. The molecule has 3 nitrogen and oxygen atoms in total. The van der Waals surface area contributed by atoms with Gasteiger partial charge < -0.3 is 5.32 Å². The number of halogens is 4. The fraction of sp³-hybridized carbons (Fsp3) is 0.364. The van der Waals surface area contributed by atoms with Crippen LogP contribution >= 0.6 is 27.7 Å². The van der Waals surface area contributed by atoms with Crippen molar-refractivity contribution in [3.63, 3.8) is 0 Å². The van der Waals surface area contributed by atoms with Gasteiger partial charge in [-0.2, -0.15) is 13.2 Å². The molecule has 0 spiro atoms. The number of benzene rings is 1. The standard InChI is InChI=1S/C11H10BrF3N2OS/c12-7-2-1-6(11(13,14)15)3-8(7)17-10(18)9-4-19-5-16-9/h1-3,9,16H,4-5H2,(H,17,18). The van der Waals surface area contributed by atoms with Crippen LogP contribution in [0.1, 0.15) is 5.56 Å². The van der Waals surface area contributed by atoms with Gasteiger partial charge in [0.15, 0.2) is 0 Å². The van der Waals surface area contributed by atoms with E-state index in [0.717, 1.165) is 12.1 Å². The monoisotopic (exact) mass is 354 g/mol. The normalized spacial score (nSPS) is 19.5. The van der Waals surface area contributed by atoms with Gasteiger partial charge in [0.05, 0.1) is 17.3 Å². The molecule has 1 amide bonds. The molecular formula is C11H10BrF3N2OS. The fourth-order valence-corrected chi connectivity index (χ4v) is 2.87. The van der Waals surface area contributed by atoms with Crippen molar-refractivity contribution in [2.75, 3.05) is 16.9 Å². The van der Waals surface area contributed by atoms with Crippen molar-refractivity contribution in [1.82, 2.24) is 5.32 Å². The van der Waals surface area contributed by atoms with Crippen LogP contribution in [0.5, 0.6) is 0 Å². The highest BCUT2D eigenvalue weighted by Gasteiger charge is 2.31. The molecule has 0 bridgehead atoms. The minimum atomic E-state index is -4.43. The second kappa shape index (κ2) is 5.72. The Bertz CT molecular complexity index is 489. The summed E-state index contributed by atoms with van der Waals surface area (Å²) >= 11 is 4.70. The first-order valence-corrected chi connectivity index (χ1v) is 7.31. The molecule has 1 fully saturated rings. The zero-order valence-corrected chi connectivity index (χ0v) is 12.0. The number of rotatable bonds is 2. The van der Waals surface area contributed by atoms with Crippen molar-refractivity contribution in [2.45, 2.75) is 12.2 Å². The molecular weight excluding hydrogens is 345 g/mol. The van der Waals surface area contributed by atoms with Crippen LogP contribution < -0.4 is 10.6 Å². The molecule has 1 aromatic carbocycles. The largest absolute Gasteiger partial charge is 0.416 e. The SMILES string of the molecule is O=C(Nc1cc(C(F)(F)F)ccc1Br)C1CSCN1. The van der Waals surface area contributed by atoms with Gasteiger partial charge >= 0.3 is 6.18 Å². The lowest BCUT2D eigenvalue weighted by atomic mass is 10.2. The van der Waals surface area contributed by atoms with E-state index < -0.39 is 11.7 Å². The number of thioether (sulfide) groups is 1. The van der Waals surface area contributed by atoms with Gasteiger partial charge in [-0.1, -0.05) is 0 Å². The molecule has 19 heavy (non-hydrogen) atoms. The number of anilines is 1. The quantitative estimate of drug-likeness (QED) is 0.857. The van der Waals surface area contributed by atoms with E-state index in [9.17, 15) is 18.0 Å². The lowest BCUT2D eigenvalue weighted by Gasteiger charge is -2.14. The van der Waals surface area contributed by atoms with Gasteiger partial charge in [-0.05, 0) is 34.1 Å². The number of carbonyl (C=O) groups is 1. The van der Waals surface area contributed by atoms with Crippen LogP contribution in [0.4, 0.5) is 18.9 Å². The number of carbonyl (C=O) groups excluding carboxylic acids is 1. The second-order valence-electron chi connectivity index (χ2n) is 3.95. The third-order valence-electron chi connectivity index (χ3n) is 2.58. The molecule has 2 rings (SSSR count). The first-order chi connectivity index (χ1) is 8.88. The average molecular weight is 355 g/mol. The van der Waals surface area contributed by atoms with Crippen LogP contribution in [0.3, 0.4) is 0 Å². The maximum absolute atomic E-state index is 12.6. The summed E-state index contributed by atoms with van der Waals surface area (Å²) in [7, 11) is 0. The summed E-state index contributed by atoms with van der Waals surface area (Å²) in [4.78, 5) is 11.8. The van der Waals surface area contributed by atoms with Crippen LogP contribution in [0, 0.1) is 0 Å². The summed E-state index contributed by atoms with van der Waals surface area (Å²) in [5.74, 6) is 0.953. The number of nitrogens with one attached hydrogen (secondary N) is 2. The molecule has 1 aliphatic heterocycles. The highest BCUT2D eigenvalue weighted by atomic mass is 79.9. The van der Waals surface area contributed by atoms with E-state index in [1.165, 1.54) is 6.07 Å². The Kier molecular flexibility index (Phi) is 4.42. The average Bonchev–Trinajstić information content (AvgIpc) is 2.84. The van der Waals surface area contributed by atoms with E-state index >= 15 is 0 Å². The van der Waals surface area contributed by atoms with Crippen molar-refractivity contribution in [1.29, 1.82) is 0 Å². The molecule has 0 radical (unpaired) electrons. The smallest absolute Gasteiger partial charge is 0.324 e. The summed E-state index contributed by atoms with van der Waals surface area (Å²) in [6.07, 6.45) is -4.43. The van der Waals surface area contributed by atoms with Crippen LogP contribution in [-0.2, 0) is 11.0 Å². The van der Waals surface area contributed by atoms with Crippen LogP contribution in [0.2, 0.25) is 0 Å². The molecule has 8 heteroatoms. The van der Waals surface area contributed by atoms with E-state index in [4.69, 9.17) is 0 Å². The Morgan fingerprint density at radius 2 is 2.21 bits per heavy atom. The third-order valence-corrected chi connectivity index (χ3v) is 4.22. The fourth-order valence-electron chi connectivity index (χ4n) is 1.58. The lowest BCUT2D eigenvalue weighted by molar-refractivity contribution is -0.137. The molecule has 1 saturated heterocycles. The summed E-state index contributed by atoms with van der Waals surface area (Å²) in [6.45, 7) is 0. The van der Waals surface area contributed by atoms with Gasteiger partial charge in [0.2, 0.25) is 5.91 Å². The van der Waals surface area contributed by atoms with E-state index in [1.54, 1.807) is 11.8 Å². The highest BCUT2D eigenvalue weighted by molar-refractivity contribution is 9.10. The molecule has 2 N–H and O–H groups in total. The molecule has 1 aromatic rings. The predicted octanol–water partition coefficient (Wildman–Crippen LogP) is 3.07. The van der Waals surface area contributed by atoms with Crippen molar-refractivity contribution >= 4 is 39.3 Å². The Balaban J connectivity index is 2.17. The Morgan fingerprint density at radius 3 is 2.79 bits per heavy atom. The Labute approximate surface area is 120 Å². The van der Waals surface area contributed by atoms with Gasteiger partial charge in [-0.25, -0.2) is 0 Å². The molecule has 1 atom stereocenters. The maximum atomic E-state index is 12.6. The highest BCUT2D eigenvalue weighted by Crippen LogP contribution is 2.34. The van der Waals surface area contributed by atoms with Gasteiger partial charge in [0.1, 0.15) is 0 Å². The van der Waals surface area contributed by atoms with E-state index in [-0.39, 0.29) is 17.6 Å². The maximum Gasteiger partial charge on any atom is 0.416 e. The van der Waals surface area contributed by atoms with Gasteiger partial charge in [-0.15, -0.1) is 11.8 Å². The summed E-state index contributed by atoms with van der Waals surface area (Å²) in [5, 5.41) is 5.46. The second-order valence-corrected chi connectivity index (χ2v) is 5.84. The minimum absolute atomic E-state index is 0.124. The summed E-state index contributed by atoms with van der Waals surface area (Å²) in [6, 6.07) is 2.79. The first-order valence-electron chi connectivity index (χ1n) is 5.36. The molecule has 1 heterocycles.